The van der Waals surface area contributed by atoms with Gasteiger partial charge in [0, 0.05) is 18.7 Å². The molecule has 1 fully saturated rings. The lowest BCUT2D eigenvalue weighted by Crippen LogP contribution is -2.37. The summed E-state index contributed by atoms with van der Waals surface area (Å²) in [4.78, 5) is 11.6. The Morgan fingerprint density at radius 2 is 2.29 bits per heavy atom. The van der Waals surface area contributed by atoms with Crippen LogP contribution >= 0.6 is 0 Å². The lowest BCUT2D eigenvalue weighted by atomic mass is 10.2. The SMILES string of the molecule is O=C(NCC1CCCN1)c1ccc(F)cc1F. The maximum absolute atomic E-state index is 13.3. The van der Waals surface area contributed by atoms with Crippen molar-refractivity contribution in [3.8, 4) is 0 Å². The Labute approximate surface area is 98.2 Å². The highest BCUT2D eigenvalue weighted by Crippen LogP contribution is 2.09. The van der Waals surface area contributed by atoms with Crippen molar-refractivity contribution in [3.05, 3.63) is 35.4 Å². The first kappa shape index (κ1) is 12.0. The predicted octanol–water partition coefficient (Wildman–Crippen LogP) is 1.45. The Balaban J connectivity index is 1.94. The van der Waals surface area contributed by atoms with E-state index in [0.29, 0.717) is 12.6 Å². The third-order valence-electron chi connectivity index (χ3n) is 2.85. The standard InChI is InChI=1S/C12H14F2N2O/c13-8-3-4-10(11(14)6-8)12(17)16-7-9-2-1-5-15-9/h3-4,6,9,15H,1-2,5,7H2,(H,16,17). The zero-order valence-corrected chi connectivity index (χ0v) is 9.30. The Morgan fingerprint density at radius 1 is 1.47 bits per heavy atom. The minimum atomic E-state index is -0.832. The monoisotopic (exact) mass is 240 g/mol. The Kier molecular flexibility index (Phi) is 3.68. The first-order valence-corrected chi connectivity index (χ1v) is 5.63. The van der Waals surface area contributed by atoms with Gasteiger partial charge in [-0.2, -0.15) is 0 Å². The van der Waals surface area contributed by atoms with Crippen LogP contribution < -0.4 is 10.6 Å². The lowest BCUT2D eigenvalue weighted by molar-refractivity contribution is 0.0946. The zero-order chi connectivity index (χ0) is 12.3. The fraction of sp³-hybridized carbons (Fsp3) is 0.417. The molecule has 0 bridgehead atoms. The summed E-state index contributed by atoms with van der Waals surface area (Å²) < 4.78 is 25.9. The minimum Gasteiger partial charge on any atom is -0.350 e. The molecule has 1 aromatic rings. The highest BCUT2D eigenvalue weighted by atomic mass is 19.1. The number of carbonyl (C=O) groups is 1. The summed E-state index contributed by atoms with van der Waals surface area (Å²) in [6, 6.07) is 3.19. The van der Waals surface area contributed by atoms with Crippen LogP contribution in [0.4, 0.5) is 8.78 Å². The number of carbonyl (C=O) groups excluding carboxylic acids is 1. The molecule has 1 amide bonds. The first-order valence-electron chi connectivity index (χ1n) is 5.63. The smallest absolute Gasteiger partial charge is 0.254 e. The van der Waals surface area contributed by atoms with Crippen molar-refractivity contribution in [1.29, 1.82) is 0 Å². The molecule has 1 saturated heterocycles. The molecule has 3 nitrogen and oxygen atoms in total. The van der Waals surface area contributed by atoms with Gasteiger partial charge in [-0.3, -0.25) is 4.79 Å². The molecule has 2 rings (SSSR count). The normalized spacial score (nSPS) is 19.3. The van der Waals surface area contributed by atoms with E-state index in [2.05, 4.69) is 10.6 Å². The fourth-order valence-electron chi connectivity index (χ4n) is 1.92. The van der Waals surface area contributed by atoms with E-state index in [1.807, 2.05) is 0 Å². The summed E-state index contributed by atoms with van der Waals surface area (Å²) in [6.45, 7) is 1.42. The molecule has 1 heterocycles. The molecule has 0 radical (unpaired) electrons. The van der Waals surface area contributed by atoms with Crippen molar-refractivity contribution >= 4 is 5.91 Å². The van der Waals surface area contributed by atoms with Crippen LogP contribution in [-0.4, -0.2) is 25.0 Å². The summed E-state index contributed by atoms with van der Waals surface area (Å²) in [6.07, 6.45) is 2.09. The van der Waals surface area contributed by atoms with Gasteiger partial charge in [-0.25, -0.2) is 8.78 Å². The summed E-state index contributed by atoms with van der Waals surface area (Å²) in [5, 5.41) is 5.86. The van der Waals surface area contributed by atoms with Gasteiger partial charge in [-0.15, -0.1) is 0 Å². The van der Waals surface area contributed by atoms with Crippen LogP contribution in [0.1, 0.15) is 23.2 Å². The summed E-state index contributed by atoms with van der Waals surface area (Å²) in [7, 11) is 0. The van der Waals surface area contributed by atoms with Gasteiger partial charge in [0.15, 0.2) is 0 Å². The maximum Gasteiger partial charge on any atom is 0.254 e. The van der Waals surface area contributed by atoms with Crippen molar-refractivity contribution in [2.75, 3.05) is 13.1 Å². The molecular formula is C12H14F2N2O. The minimum absolute atomic E-state index is 0.121. The number of benzene rings is 1. The van der Waals surface area contributed by atoms with Gasteiger partial charge in [0.1, 0.15) is 11.6 Å². The lowest BCUT2D eigenvalue weighted by Gasteiger charge is -2.11. The van der Waals surface area contributed by atoms with Crippen molar-refractivity contribution in [1.82, 2.24) is 10.6 Å². The van der Waals surface area contributed by atoms with Gasteiger partial charge in [0.25, 0.3) is 5.91 Å². The molecule has 0 spiro atoms. The number of hydrogen-bond donors (Lipinski definition) is 2. The van der Waals surface area contributed by atoms with E-state index in [4.69, 9.17) is 0 Å². The molecule has 0 aromatic heterocycles. The molecule has 17 heavy (non-hydrogen) atoms. The molecule has 2 N–H and O–H groups in total. The summed E-state index contributed by atoms with van der Waals surface area (Å²) in [5.74, 6) is -2.02. The van der Waals surface area contributed by atoms with Gasteiger partial charge in [0.2, 0.25) is 0 Å². The fourth-order valence-corrected chi connectivity index (χ4v) is 1.92. The number of amides is 1. The van der Waals surface area contributed by atoms with Crippen molar-refractivity contribution in [3.63, 3.8) is 0 Å². The van der Waals surface area contributed by atoms with Crippen LogP contribution in [0.3, 0.4) is 0 Å². The molecule has 1 unspecified atom stereocenters. The predicted molar refractivity (Wildman–Crippen MR) is 59.7 cm³/mol. The van der Waals surface area contributed by atoms with Gasteiger partial charge < -0.3 is 10.6 Å². The quantitative estimate of drug-likeness (QED) is 0.839. The van der Waals surface area contributed by atoms with E-state index in [9.17, 15) is 13.6 Å². The average Bonchev–Trinajstić information content (AvgIpc) is 2.78. The number of hydrogen-bond acceptors (Lipinski definition) is 2. The summed E-state index contributed by atoms with van der Waals surface area (Å²) >= 11 is 0. The number of rotatable bonds is 3. The van der Waals surface area contributed by atoms with Crippen LogP contribution in [0.25, 0.3) is 0 Å². The first-order chi connectivity index (χ1) is 8.16. The molecule has 1 aliphatic heterocycles. The topological polar surface area (TPSA) is 41.1 Å². The summed E-state index contributed by atoms with van der Waals surface area (Å²) in [5.41, 5.74) is -0.121. The van der Waals surface area contributed by atoms with Gasteiger partial charge in [-0.05, 0) is 31.5 Å². The van der Waals surface area contributed by atoms with E-state index in [-0.39, 0.29) is 11.6 Å². The molecular weight excluding hydrogens is 226 g/mol. The Hall–Kier alpha value is -1.49. The van der Waals surface area contributed by atoms with Crippen LogP contribution in [0.15, 0.2) is 18.2 Å². The highest BCUT2D eigenvalue weighted by Gasteiger charge is 2.17. The van der Waals surface area contributed by atoms with E-state index in [1.165, 1.54) is 0 Å². The van der Waals surface area contributed by atoms with E-state index >= 15 is 0 Å². The van der Waals surface area contributed by atoms with Gasteiger partial charge >= 0.3 is 0 Å². The molecule has 1 atom stereocenters. The maximum atomic E-state index is 13.3. The van der Waals surface area contributed by atoms with E-state index in [1.54, 1.807) is 0 Å². The molecule has 1 aromatic carbocycles. The average molecular weight is 240 g/mol. The third-order valence-corrected chi connectivity index (χ3v) is 2.85. The second-order valence-corrected chi connectivity index (χ2v) is 4.13. The molecule has 0 aliphatic carbocycles. The van der Waals surface area contributed by atoms with Crippen molar-refractivity contribution in [2.24, 2.45) is 0 Å². The van der Waals surface area contributed by atoms with E-state index in [0.717, 1.165) is 31.5 Å². The molecule has 1 aliphatic rings. The van der Waals surface area contributed by atoms with Crippen LogP contribution in [-0.2, 0) is 0 Å². The highest BCUT2D eigenvalue weighted by molar-refractivity contribution is 5.94. The van der Waals surface area contributed by atoms with Gasteiger partial charge in [0.05, 0.1) is 5.56 Å². The van der Waals surface area contributed by atoms with Crippen LogP contribution in [0, 0.1) is 11.6 Å². The zero-order valence-electron chi connectivity index (χ0n) is 9.30. The Bertz CT molecular complexity index is 417. The number of nitrogens with one attached hydrogen (secondary N) is 2. The van der Waals surface area contributed by atoms with Gasteiger partial charge in [-0.1, -0.05) is 0 Å². The van der Waals surface area contributed by atoms with Crippen LogP contribution in [0.2, 0.25) is 0 Å². The molecule has 5 heteroatoms. The van der Waals surface area contributed by atoms with Crippen molar-refractivity contribution in [2.45, 2.75) is 18.9 Å². The molecule has 0 saturated carbocycles. The van der Waals surface area contributed by atoms with Crippen molar-refractivity contribution < 1.29 is 13.6 Å². The second-order valence-electron chi connectivity index (χ2n) is 4.13. The Morgan fingerprint density at radius 3 is 2.94 bits per heavy atom. The third kappa shape index (κ3) is 3.00. The molecule has 92 valence electrons. The second kappa shape index (κ2) is 5.23. The van der Waals surface area contributed by atoms with Crippen LogP contribution in [0.5, 0.6) is 0 Å². The number of halogens is 2. The van der Waals surface area contributed by atoms with E-state index < -0.39 is 17.5 Å². The largest absolute Gasteiger partial charge is 0.350 e.